The fourth-order valence-corrected chi connectivity index (χ4v) is 2.01. The van der Waals surface area contributed by atoms with E-state index in [2.05, 4.69) is 4.98 Å². The summed E-state index contributed by atoms with van der Waals surface area (Å²) >= 11 is 5.96. The van der Waals surface area contributed by atoms with Gasteiger partial charge >= 0.3 is 6.18 Å². The summed E-state index contributed by atoms with van der Waals surface area (Å²) in [5, 5.41) is 0.167. The topological polar surface area (TPSA) is 16.1 Å². The lowest BCUT2D eigenvalue weighted by molar-refractivity contribution is -0.137. The van der Waals surface area contributed by atoms with Crippen molar-refractivity contribution >= 4 is 17.4 Å². The Bertz CT molecular complexity index is 369. The van der Waals surface area contributed by atoms with Crippen molar-refractivity contribution in [1.82, 2.24) is 4.98 Å². The lowest BCUT2D eigenvalue weighted by atomic mass is 10.1. The number of pyridine rings is 1. The minimum Gasteiger partial charge on any atom is -0.357 e. The molecule has 1 aromatic heterocycles. The quantitative estimate of drug-likeness (QED) is 0.724. The van der Waals surface area contributed by atoms with Crippen molar-refractivity contribution in [2.75, 3.05) is 18.0 Å². The van der Waals surface area contributed by atoms with Crippen LogP contribution in [0.25, 0.3) is 0 Å². The monoisotopic (exact) mass is 264 g/mol. The molecule has 2 nitrogen and oxygen atoms in total. The Morgan fingerprint density at radius 2 is 1.88 bits per heavy atom. The van der Waals surface area contributed by atoms with Crippen LogP contribution in [0.15, 0.2) is 18.3 Å². The maximum Gasteiger partial charge on any atom is 0.417 e. The minimum atomic E-state index is -4.32. The second-order valence-electron chi connectivity index (χ2n) is 4.06. The van der Waals surface area contributed by atoms with Crippen molar-refractivity contribution in [1.29, 1.82) is 0 Å². The Labute approximate surface area is 102 Å². The summed E-state index contributed by atoms with van der Waals surface area (Å²) in [5.41, 5.74) is -0.714. The first kappa shape index (κ1) is 12.5. The fraction of sp³-hybridized carbons (Fsp3) is 0.545. The molecular formula is C11H12ClF3N2. The van der Waals surface area contributed by atoms with Crippen molar-refractivity contribution in [3.8, 4) is 0 Å². The number of anilines is 1. The molecule has 0 bridgehead atoms. The summed E-state index contributed by atoms with van der Waals surface area (Å²) in [6, 6.07) is 2.48. The average molecular weight is 265 g/mol. The zero-order valence-corrected chi connectivity index (χ0v) is 9.80. The summed E-state index contributed by atoms with van der Waals surface area (Å²) in [6.07, 6.45) is -1.77. The molecular weight excluding hydrogens is 253 g/mol. The molecule has 1 aliphatic rings. The molecule has 0 amide bonds. The van der Waals surface area contributed by atoms with Gasteiger partial charge in [-0.05, 0) is 25.0 Å². The first-order valence-electron chi connectivity index (χ1n) is 5.39. The van der Waals surface area contributed by atoms with Crippen LogP contribution in [0, 0.1) is 0 Å². The van der Waals surface area contributed by atoms with Crippen molar-refractivity contribution < 1.29 is 13.2 Å². The number of piperidine rings is 1. The van der Waals surface area contributed by atoms with Crippen LogP contribution in [0.3, 0.4) is 0 Å². The summed E-state index contributed by atoms with van der Waals surface area (Å²) in [5.74, 6) is 0.585. The molecule has 0 aliphatic carbocycles. The largest absolute Gasteiger partial charge is 0.417 e. The van der Waals surface area contributed by atoms with Crippen LogP contribution in [0.5, 0.6) is 0 Å². The summed E-state index contributed by atoms with van der Waals surface area (Å²) in [4.78, 5) is 5.81. The molecule has 1 aromatic rings. The number of hydrogen-bond donors (Lipinski definition) is 0. The van der Waals surface area contributed by atoms with Crippen molar-refractivity contribution in [2.45, 2.75) is 24.4 Å². The third-order valence-corrected chi connectivity index (χ3v) is 3.26. The van der Waals surface area contributed by atoms with E-state index in [1.54, 1.807) is 0 Å². The lowest BCUT2D eigenvalue weighted by Gasteiger charge is -2.30. The van der Waals surface area contributed by atoms with E-state index in [1.807, 2.05) is 4.90 Å². The molecule has 6 heteroatoms. The molecule has 0 saturated carbocycles. The molecule has 0 spiro atoms. The van der Waals surface area contributed by atoms with Crippen molar-refractivity contribution in [2.24, 2.45) is 0 Å². The molecule has 1 aliphatic heterocycles. The molecule has 0 radical (unpaired) electrons. The minimum absolute atomic E-state index is 0.167. The molecule has 2 heterocycles. The molecule has 1 fully saturated rings. The third kappa shape index (κ3) is 3.03. The Kier molecular flexibility index (Phi) is 3.47. The highest BCUT2D eigenvalue weighted by Crippen LogP contribution is 2.30. The summed E-state index contributed by atoms with van der Waals surface area (Å²) < 4.78 is 37.0. The van der Waals surface area contributed by atoms with Gasteiger partial charge in [0.2, 0.25) is 0 Å². The van der Waals surface area contributed by atoms with E-state index >= 15 is 0 Å². The molecule has 0 unspecified atom stereocenters. The van der Waals surface area contributed by atoms with Crippen LogP contribution < -0.4 is 4.90 Å². The number of halogens is 4. The third-order valence-electron chi connectivity index (χ3n) is 2.82. The molecule has 0 aromatic carbocycles. The summed E-state index contributed by atoms with van der Waals surface area (Å²) in [7, 11) is 0. The van der Waals surface area contributed by atoms with Gasteiger partial charge in [0.1, 0.15) is 5.82 Å². The van der Waals surface area contributed by atoms with E-state index < -0.39 is 11.7 Å². The van der Waals surface area contributed by atoms with Gasteiger partial charge in [-0.25, -0.2) is 4.98 Å². The first-order chi connectivity index (χ1) is 7.97. The highest BCUT2D eigenvalue weighted by Gasteiger charge is 2.31. The summed E-state index contributed by atoms with van der Waals surface area (Å²) in [6.45, 7) is 1.49. The number of alkyl halides is 4. The molecule has 0 N–H and O–H groups in total. The molecule has 94 valence electrons. The van der Waals surface area contributed by atoms with Gasteiger partial charge in [-0.15, -0.1) is 11.6 Å². The Morgan fingerprint density at radius 3 is 2.35 bits per heavy atom. The van der Waals surface area contributed by atoms with Crippen LogP contribution in [0.2, 0.25) is 0 Å². The van der Waals surface area contributed by atoms with Crippen LogP contribution in [-0.4, -0.2) is 23.5 Å². The van der Waals surface area contributed by atoms with E-state index in [1.165, 1.54) is 6.07 Å². The number of hydrogen-bond acceptors (Lipinski definition) is 2. The number of nitrogens with zero attached hydrogens (tertiary/aromatic N) is 2. The van der Waals surface area contributed by atoms with Gasteiger partial charge in [0.15, 0.2) is 0 Å². The SMILES string of the molecule is FC(F)(F)c1ccc(N2CCC(Cl)CC2)nc1. The highest BCUT2D eigenvalue weighted by atomic mass is 35.5. The van der Waals surface area contributed by atoms with Gasteiger partial charge in [0.25, 0.3) is 0 Å². The maximum atomic E-state index is 12.3. The molecule has 17 heavy (non-hydrogen) atoms. The second kappa shape index (κ2) is 4.72. The van der Waals surface area contributed by atoms with Gasteiger partial charge in [-0.2, -0.15) is 13.2 Å². The van der Waals surface area contributed by atoms with Crippen LogP contribution in [0.1, 0.15) is 18.4 Å². The molecule has 0 atom stereocenters. The van der Waals surface area contributed by atoms with Crippen LogP contribution in [0.4, 0.5) is 19.0 Å². The lowest BCUT2D eigenvalue weighted by Crippen LogP contribution is -2.34. The Morgan fingerprint density at radius 1 is 1.24 bits per heavy atom. The van der Waals surface area contributed by atoms with E-state index in [-0.39, 0.29) is 5.38 Å². The Balaban J connectivity index is 2.08. The van der Waals surface area contributed by atoms with Gasteiger partial charge in [-0.1, -0.05) is 0 Å². The standard InChI is InChI=1S/C11H12ClF3N2/c12-9-3-5-17(6-4-9)10-2-1-8(7-16-10)11(13,14)15/h1-2,7,9H,3-6H2. The van der Waals surface area contributed by atoms with E-state index in [0.29, 0.717) is 5.82 Å². The average Bonchev–Trinajstić information content (AvgIpc) is 2.29. The van der Waals surface area contributed by atoms with Crippen molar-refractivity contribution in [3.05, 3.63) is 23.9 Å². The zero-order valence-electron chi connectivity index (χ0n) is 9.04. The Hall–Kier alpha value is -0.970. The maximum absolute atomic E-state index is 12.3. The first-order valence-corrected chi connectivity index (χ1v) is 5.83. The van der Waals surface area contributed by atoms with Gasteiger partial charge < -0.3 is 4.90 Å². The zero-order chi connectivity index (χ0) is 12.5. The van der Waals surface area contributed by atoms with E-state index in [4.69, 9.17) is 11.6 Å². The molecule has 1 saturated heterocycles. The predicted molar refractivity (Wildman–Crippen MR) is 60.3 cm³/mol. The van der Waals surface area contributed by atoms with E-state index in [9.17, 15) is 13.2 Å². The normalized spacial score (nSPS) is 18.5. The number of rotatable bonds is 1. The highest BCUT2D eigenvalue weighted by molar-refractivity contribution is 6.20. The smallest absolute Gasteiger partial charge is 0.357 e. The molecule has 2 rings (SSSR count). The fourth-order valence-electron chi connectivity index (χ4n) is 1.82. The van der Waals surface area contributed by atoms with Gasteiger partial charge in [-0.3, -0.25) is 0 Å². The number of aromatic nitrogens is 1. The second-order valence-corrected chi connectivity index (χ2v) is 4.68. The van der Waals surface area contributed by atoms with Crippen LogP contribution >= 0.6 is 11.6 Å². The predicted octanol–water partition coefficient (Wildman–Crippen LogP) is 3.31. The van der Waals surface area contributed by atoms with Gasteiger partial charge in [0.05, 0.1) is 5.56 Å². The van der Waals surface area contributed by atoms with Crippen molar-refractivity contribution in [3.63, 3.8) is 0 Å². The van der Waals surface area contributed by atoms with Crippen LogP contribution in [-0.2, 0) is 6.18 Å². The van der Waals surface area contributed by atoms with Gasteiger partial charge in [0, 0.05) is 24.7 Å². The van der Waals surface area contributed by atoms with E-state index in [0.717, 1.165) is 38.2 Å².